The molecule has 0 N–H and O–H groups in total. The van der Waals surface area contributed by atoms with E-state index in [2.05, 4.69) is 29.2 Å². The first kappa shape index (κ1) is 17.7. The summed E-state index contributed by atoms with van der Waals surface area (Å²) in [7, 11) is 1.61. The molecule has 3 nitrogen and oxygen atoms in total. The zero-order valence-corrected chi connectivity index (χ0v) is 14.4. The Labute approximate surface area is 136 Å². The molecule has 0 aliphatic rings. The maximum absolute atomic E-state index is 13.4. The van der Waals surface area contributed by atoms with E-state index >= 15 is 0 Å². The first-order chi connectivity index (χ1) is 9.65. The van der Waals surface area contributed by atoms with Gasteiger partial charge in [-0.1, -0.05) is 13.3 Å². The summed E-state index contributed by atoms with van der Waals surface area (Å²) in [5.74, 6) is 1.66. The SMILES string of the molecule is CCCCn1cc[n+](Cc2cc(F)ccc2OC)c1C.[Br-]. The highest BCUT2D eigenvalue weighted by Gasteiger charge is 2.14. The fraction of sp³-hybridized carbons (Fsp3) is 0.438. The number of hydrogen-bond acceptors (Lipinski definition) is 1. The van der Waals surface area contributed by atoms with Crippen LogP contribution < -0.4 is 26.3 Å². The van der Waals surface area contributed by atoms with E-state index in [4.69, 9.17) is 4.74 Å². The molecule has 0 saturated heterocycles. The Morgan fingerprint density at radius 3 is 2.76 bits per heavy atom. The van der Waals surface area contributed by atoms with Crippen LogP contribution in [0.1, 0.15) is 31.2 Å². The average Bonchev–Trinajstić information content (AvgIpc) is 2.78. The maximum atomic E-state index is 13.4. The smallest absolute Gasteiger partial charge is 0.253 e. The van der Waals surface area contributed by atoms with Crippen LogP contribution in [0.15, 0.2) is 30.6 Å². The standard InChI is InChI=1S/C16H22FN2O.BrH/c1-4-5-8-18-9-10-19(13(18)2)12-14-11-15(17)6-7-16(14)20-3;/h6-7,9-11H,4-5,8,12H2,1-3H3;1H/q+1;/p-1. The van der Waals surface area contributed by atoms with E-state index in [1.165, 1.54) is 30.8 Å². The number of unbranched alkanes of at least 4 members (excludes halogenated alkanes) is 1. The molecule has 0 amide bonds. The predicted octanol–water partition coefficient (Wildman–Crippen LogP) is 0.0841. The van der Waals surface area contributed by atoms with Crippen molar-refractivity contribution in [3.8, 4) is 5.75 Å². The van der Waals surface area contributed by atoms with Crippen LogP contribution in [-0.4, -0.2) is 11.7 Å². The molecule has 0 spiro atoms. The van der Waals surface area contributed by atoms with Crippen LogP contribution in [0, 0.1) is 12.7 Å². The molecule has 116 valence electrons. The molecular formula is C16H22BrFN2O. The van der Waals surface area contributed by atoms with Gasteiger partial charge in [0, 0.05) is 12.5 Å². The van der Waals surface area contributed by atoms with Gasteiger partial charge in [0.2, 0.25) is 0 Å². The van der Waals surface area contributed by atoms with E-state index in [0.29, 0.717) is 6.54 Å². The third-order valence-corrected chi connectivity index (χ3v) is 3.59. The van der Waals surface area contributed by atoms with Crippen LogP contribution >= 0.6 is 0 Å². The van der Waals surface area contributed by atoms with Crippen molar-refractivity contribution in [3.05, 3.63) is 47.8 Å². The lowest BCUT2D eigenvalue weighted by Gasteiger charge is -2.07. The number of aromatic nitrogens is 2. The summed E-state index contributed by atoms with van der Waals surface area (Å²) in [5.41, 5.74) is 0.855. The average molecular weight is 357 g/mol. The van der Waals surface area contributed by atoms with Crippen molar-refractivity contribution in [2.24, 2.45) is 0 Å². The van der Waals surface area contributed by atoms with Gasteiger partial charge in [-0.05, 0) is 24.6 Å². The van der Waals surface area contributed by atoms with Crippen LogP contribution in [0.4, 0.5) is 4.39 Å². The molecular weight excluding hydrogens is 335 g/mol. The molecule has 0 atom stereocenters. The van der Waals surface area contributed by atoms with Gasteiger partial charge in [-0.3, -0.25) is 0 Å². The van der Waals surface area contributed by atoms with Gasteiger partial charge < -0.3 is 21.7 Å². The van der Waals surface area contributed by atoms with E-state index in [-0.39, 0.29) is 22.8 Å². The van der Waals surface area contributed by atoms with Crippen LogP contribution in [-0.2, 0) is 13.1 Å². The number of hydrogen-bond donors (Lipinski definition) is 0. The number of methoxy groups -OCH3 is 1. The zero-order valence-electron chi connectivity index (χ0n) is 12.8. The summed E-state index contributed by atoms with van der Waals surface area (Å²) in [5, 5.41) is 0. The van der Waals surface area contributed by atoms with Crippen LogP contribution in [0.5, 0.6) is 5.75 Å². The maximum Gasteiger partial charge on any atom is 0.253 e. The van der Waals surface area contributed by atoms with Crippen LogP contribution in [0.3, 0.4) is 0 Å². The Balaban J connectivity index is 0.00000220. The normalized spacial score (nSPS) is 10.3. The molecule has 5 heteroatoms. The molecule has 0 saturated carbocycles. The Morgan fingerprint density at radius 1 is 1.33 bits per heavy atom. The number of imidazole rings is 1. The molecule has 0 bridgehead atoms. The molecule has 0 radical (unpaired) electrons. The summed E-state index contributed by atoms with van der Waals surface area (Å²) >= 11 is 0. The second-order valence-electron chi connectivity index (χ2n) is 4.98. The minimum absolute atomic E-state index is 0. The summed E-state index contributed by atoms with van der Waals surface area (Å²) in [4.78, 5) is 0. The quantitative estimate of drug-likeness (QED) is 0.670. The highest BCUT2D eigenvalue weighted by atomic mass is 79.9. The fourth-order valence-corrected chi connectivity index (χ4v) is 2.33. The molecule has 1 aromatic heterocycles. The van der Waals surface area contributed by atoms with Crippen molar-refractivity contribution in [1.29, 1.82) is 0 Å². The molecule has 1 heterocycles. The number of nitrogens with zero attached hydrogens (tertiary/aromatic N) is 2. The Morgan fingerprint density at radius 2 is 2.10 bits per heavy atom. The van der Waals surface area contributed by atoms with E-state index < -0.39 is 0 Å². The molecule has 1 aromatic carbocycles. The number of halogens is 2. The number of ether oxygens (including phenoxy) is 1. The van der Waals surface area contributed by atoms with Crippen molar-refractivity contribution in [3.63, 3.8) is 0 Å². The highest BCUT2D eigenvalue weighted by Crippen LogP contribution is 2.19. The minimum Gasteiger partial charge on any atom is -1.00 e. The van der Waals surface area contributed by atoms with E-state index in [9.17, 15) is 4.39 Å². The third kappa shape index (κ3) is 4.30. The summed E-state index contributed by atoms with van der Waals surface area (Å²) in [6, 6.07) is 4.63. The van der Waals surface area contributed by atoms with Crippen LogP contribution in [0.2, 0.25) is 0 Å². The molecule has 2 rings (SSSR count). The van der Waals surface area contributed by atoms with Crippen LogP contribution in [0.25, 0.3) is 0 Å². The van der Waals surface area contributed by atoms with Gasteiger partial charge in [0.15, 0.2) is 0 Å². The Hall–Kier alpha value is -1.36. The van der Waals surface area contributed by atoms with Crippen molar-refractivity contribution >= 4 is 0 Å². The molecule has 0 unspecified atom stereocenters. The lowest BCUT2D eigenvalue weighted by molar-refractivity contribution is -0.694. The highest BCUT2D eigenvalue weighted by molar-refractivity contribution is 5.33. The van der Waals surface area contributed by atoms with Crippen molar-refractivity contribution in [2.75, 3.05) is 7.11 Å². The van der Waals surface area contributed by atoms with E-state index in [0.717, 1.165) is 17.9 Å². The van der Waals surface area contributed by atoms with E-state index in [1.54, 1.807) is 13.2 Å². The van der Waals surface area contributed by atoms with Crippen molar-refractivity contribution < 1.29 is 30.7 Å². The second-order valence-corrected chi connectivity index (χ2v) is 4.98. The number of rotatable bonds is 6. The predicted molar refractivity (Wildman–Crippen MR) is 76.3 cm³/mol. The second kappa shape index (κ2) is 8.17. The molecule has 2 aromatic rings. The first-order valence-electron chi connectivity index (χ1n) is 7.03. The molecule has 0 fully saturated rings. The van der Waals surface area contributed by atoms with E-state index in [1.807, 2.05) is 6.20 Å². The van der Waals surface area contributed by atoms with Gasteiger partial charge in [-0.25, -0.2) is 13.5 Å². The van der Waals surface area contributed by atoms with Gasteiger partial charge in [0.05, 0.1) is 13.7 Å². The Bertz CT molecular complexity index is 584. The number of benzene rings is 1. The lowest BCUT2D eigenvalue weighted by atomic mass is 10.2. The third-order valence-electron chi connectivity index (χ3n) is 3.59. The molecule has 21 heavy (non-hydrogen) atoms. The van der Waals surface area contributed by atoms with Crippen molar-refractivity contribution in [1.82, 2.24) is 4.57 Å². The summed E-state index contributed by atoms with van der Waals surface area (Å²) < 4.78 is 23.0. The van der Waals surface area contributed by atoms with Gasteiger partial charge >= 0.3 is 0 Å². The lowest BCUT2D eigenvalue weighted by Crippen LogP contribution is -3.00. The monoisotopic (exact) mass is 356 g/mol. The van der Waals surface area contributed by atoms with Gasteiger partial charge in [0.1, 0.15) is 30.5 Å². The van der Waals surface area contributed by atoms with Gasteiger partial charge in [0.25, 0.3) is 5.82 Å². The molecule has 0 aliphatic heterocycles. The van der Waals surface area contributed by atoms with Crippen molar-refractivity contribution in [2.45, 2.75) is 39.8 Å². The summed E-state index contributed by atoms with van der Waals surface area (Å²) in [6.07, 6.45) is 6.46. The topological polar surface area (TPSA) is 18.0 Å². The van der Waals surface area contributed by atoms with Gasteiger partial charge in [-0.15, -0.1) is 0 Å². The largest absolute Gasteiger partial charge is 1.00 e. The zero-order chi connectivity index (χ0) is 14.5. The Kier molecular flexibility index (Phi) is 6.89. The van der Waals surface area contributed by atoms with Gasteiger partial charge in [-0.2, -0.15) is 0 Å². The fourth-order valence-electron chi connectivity index (χ4n) is 2.33. The first-order valence-corrected chi connectivity index (χ1v) is 7.03. The molecule has 0 aliphatic carbocycles. The summed E-state index contributed by atoms with van der Waals surface area (Å²) in [6.45, 7) is 5.91. The minimum atomic E-state index is -0.232. The number of aryl methyl sites for hydroxylation is 1.